The number of halogens is 3. The highest BCUT2D eigenvalue weighted by atomic mass is 32.1. The summed E-state index contributed by atoms with van der Waals surface area (Å²) in [5.74, 6) is 1.52. The molecule has 2 aliphatic heterocycles. The molecule has 25 heavy (non-hydrogen) atoms. The largest absolute Gasteiger partial charge is 0.393 e. The topological polar surface area (TPSA) is 41.1 Å². The summed E-state index contributed by atoms with van der Waals surface area (Å²) in [6, 6.07) is 1.64. The van der Waals surface area contributed by atoms with Crippen LogP contribution in [-0.4, -0.2) is 42.3 Å². The molecular formula is C17H21F3N4S. The SMILES string of the molecule is CCc1nc(N2CCC3(CCNC3)C2)c2cc(CC(F)(F)F)sc2n1. The second-order valence-electron chi connectivity index (χ2n) is 7.14. The lowest BCUT2D eigenvalue weighted by molar-refractivity contribution is -0.126. The highest BCUT2D eigenvalue weighted by Crippen LogP contribution is 2.41. The molecule has 4 rings (SSSR count). The minimum Gasteiger partial charge on any atom is -0.355 e. The number of fused-ring (bicyclic) bond motifs is 1. The van der Waals surface area contributed by atoms with Crippen molar-refractivity contribution < 1.29 is 13.2 Å². The molecule has 2 aliphatic rings. The molecule has 8 heteroatoms. The zero-order valence-electron chi connectivity index (χ0n) is 14.1. The van der Waals surface area contributed by atoms with Crippen LogP contribution in [0.4, 0.5) is 19.0 Å². The quantitative estimate of drug-likeness (QED) is 0.897. The van der Waals surface area contributed by atoms with Gasteiger partial charge in [-0.15, -0.1) is 11.3 Å². The molecule has 1 spiro atoms. The van der Waals surface area contributed by atoms with Crippen LogP contribution in [0.2, 0.25) is 0 Å². The number of hydrogen-bond donors (Lipinski definition) is 1. The minimum absolute atomic E-state index is 0.286. The minimum atomic E-state index is -4.20. The summed E-state index contributed by atoms with van der Waals surface area (Å²) in [6.45, 7) is 5.85. The molecule has 136 valence electrons. The van der Waals surface area contributed by atoms with E-state index in [1.54, 1.807) is 6.07 Å². The molecule has 0 aromatic carbocycles. The summed E-state index contributed by atoms with van der Waals surface area (Å²) < 4.78 is 38.3. The van der Waals surface area contributed by atoms with Crippen molar-refractivity contribution in [3.8, 4) is 0 Å². The van der Waals surface area contributed by atoms with Crippen molar-refractivity contribution in [1.82, 2.24) is 15.3 Å². The second kappa shape index (κ2) is 6.09. The molecule has 1 atom stereocenters. The molecular weight excluding hydrogens is 349 g/mol. The number of aryl methyl sites for hydroxylation is 1. The predicted octanol–water partition coefficient (Wildman–Crippen LogP) is 3.55. The van der Waals surface area contributed by atoms with E-state index in [9.17, 15) is 13.2 Å². The van der Waals surface area contributed by atoms with Gasteiger partial charge in [0.15, 0.2) is 0 Å². The summed E-state index contributed by atoms with van der Waals surface area (Å²) in [5, 5.41) is 4.20. The summed E-state index contributed by atoms with van der Waals surface area (Å²) in [7, 11) is 0. The number of anilines is 1. The van der Waals surface area contributed by atoms with Gasteiger partial charge in [0.1, 0.15) is 16.5 Å². The van der Waals surface area contributed by atoms with Crippen molar-refractivity contribution in [3.05, 3.63) is 16.8 Å². The Morgan fingerprint density at radius 2 is 2.16 bits per heavy atom. The smallest absolute Gasteiger partial charge is 0.355 e. The Kier molecular flexibility index (Phi) is 4.15. The van der Waals surface area contributed by atoms with Crippen molar-refractivity contribution in [2.24, 2.45) is 5.41 Å². The summed E-state index contributed by atoms with van der Waals surface area (Å²) in [5.41, 5.74) is 0.286. The lowest BCUT2D eigenvalue weighted by Gasteiger charge is -2.24. The molecule has 2 aromatic rings. The molecule has 0 aliphatic carbocycles. The number of aromatic nitrogens is 2. The molecule has 1 unspecified atom stereocenters. The summed E-state index contributed by atoms with van der Waals surface area (Å²) in [6.07, 6.45) is -2.16. The molecule has 0 bridgehead atoms. The van der Waals surface area contributed by atoms with Gasteiger partial charge in [-0.1, -0.05) is 6.92 Å². The molecule has 1 N–H and O–H groups in total. The maximum absolute atomic E-state index is 12.8. The Hall–Kier alpha value is -1.41. The molecule has 0 radical (unpaired) electrons. The van der Waals surface area contributed by atoms with Gasteiger partial charge >= 0.3 is 6.18 Å². The van der Waals surface area contributed by atoms with E-state index in [0.717, 1.165) is 61.6 Å². The number of hydrogen-bond acceptors (Lipinski definition) is 5. The molecule has 0 saturated carbocycles. The van der Waals surface area contributed by atoms with Gasteiger partial charge in [0, 0.05) is 36.3 Å². The van der Waals surface area contributed by atoms with Gasteiger partial charge in [-0.25, -0.2) is 9.97 Å². The first-order chi connectivity index (χ1) is 11.9. The normalized spacial score (nSPS) is 24.1. The first-order valence-corrected chi connectivity index (χ1v) is 9.51. The predicted molar refractivity (Wildman–Crippen MR) is 93.3 cm³/mol. The summed E-state index contributed by atoms with van der Waals surface area (Å²) in [4.78, 5) is 12.4. The highest BCUT2D eigenvalue weighted by Gasteiger charge is 2.41. The molecule has 0 amide bonds. The molecule has 2 fully saturated rings. The second-order valence-corrected chi connectivity index (χ2v) is 8.25. The van der Waals surface area contributed by atoms with Gasteiger partial charge in [-0.05, 0) is 25.5 Å². The van der Waals surface area contributed by atoms with Crippen LogP contribution in [-0.2, 0) is 12.8 Å². The van der Waals surface area contributed by atoms with Crippen LogP contribution in [0.3, 0.4) is 0 Å². The van der Waals surface area contributed by atoms with E-state index >= 15 is 0 Å². The average Bonchev–Trinajstić information content (AvgIpc) is 3.25. The van der Waals surface area contributed by atoms with Crippen molar-refractivity contribution in [3.63, 3.8) is 0 Å². The summed E-state index contributed by atoms with van der Waals surface area (Å²) >= 11 is 1.14. The van der Waals surface area contributed by atoms with E-state index in [0.29, 0.717) is 22.0 Å². The molecule has 2 saturated heterocycles. The van der Waals surface area contributed by atoms with Gasteiger partial charge in [-0.3, -0.25) is 0 Å². The molecule has 4 heterocycles. The molecule has 2 aromatic heterocycles. The van der Waals surface area contributed by atoms with E-state index in [2.05, 4.69) is 20.2 Å². The first-order valence-electron chi connectivity index (χ1n) is 8.69. The zero-order chi connectivity index (χ0) is 17.7. The van der Waals surface area contributed by atoms with Crippen LogP contribution >= 0.6 is 11.3 Å². The van der Waals surface area contributed by atoms with E-state index in [1.165, 1.54) is 0 Å². The lowest BCUT2D eigenvalue weighted by Crippen LogP contribution is -2.29. The maximum atomic E-state index is 12.8. The van der Waals surface area contributed by atoms with E-state index in [-0.39, 0.29) is 5.41 Å². The van der Waals surface area contributed by atoms with Gasteiger partial charge in [0.25, 0.3) is 0 Å². The van der Waals surface area contributed by atoms with Gasteiger partial charge in [0.05, 0.1) is 11.8 Å². The lowest BCUT2D eigenvalue weighted by atomic mass is 9.87. The zero-order valence-corrected chi connectivity index (χ0v) is 14.9. The fraction of sp³-hybridized carbons (Fsp3) is 0.647. The number of alkyl halides is 3. The maximum Gasteiger partial charge on any atom is 0.393 e. The first kappa shape index (κ1) is 17.0. The number of nitrogens with one attached hydrogen (secondary N) is 1. The third-order valence-electron chi connectivity index (χ3n) is 5.23. The van der Waals surface area contributed by atoms with E-state index in [1.807, 2.05) is 6.92 Å². The van der Waals surface area contributed by atoms with Gasteiger partial charge in [0.2, 0.25) is 0 Å². The Morgan fingerprint density at radius 1 is 1.32 bits per heavy atom. The Morgan fingerprint density at radius 3 is 2.84 bits per heavy atom. The van der Waals surface area contributed by atoms with Crippen molar-refractivity contribution in [2.75, 3.05) is 31.1 Å². The van der Waals surface area contributed by atoms with E-state index < -0.39 is 12.6 Å². The number of rotatable bonds is 3. The monoisotopic (exact) mass is 370 g/mol. The van der Waals surface area contributed by atoms with Crippen LogP contribution in [0.1, 0.15) is 30.5 Å². The average molecular weight is 370 g/mol. The van der Waals surface area contributed by atoms with Crippen LogP contribution in [0.5, 0.6) is 0 Å². The molecule has 4 nitrogen and oxygen atoms in total. The van der Waals surface area contributed by atoms with Gasteiger partial charge < -0.3 is 10.2 Å². The van der Waals surface area contributed by atoms with Crippen molar-refractivity contribution in [2.45, 2.75) is 38.8 Å². The highest BCUT2D eigenvalue weighted by molar-refractivity contribution is 7.18. The Labute approximate surface area is 148 Å². The van der Waals surface area contributed by atoms with Crippen molar-refractivity contribution in [1.29, 1.82) is 0 Å². The number of thiophene rings is 1. The van der Waals surface area contributed by atoms with Crippen LogP contribution < -0.4 is 10.2 Å². The van der Waals surface area contributed by atoms with E-state index in [4.69, 9.17) is 0 Å². The Balaban J connectivity index is 1.71. The fourth-order valence-electron chi connectivity index (χ4n) is 3.94. The van der Waals surface area contributed by atoms with Crippen LogP contribution in [0, 0.1) is 5.41 Å². The Bertz CT molecular complexity index is 780. The van der Waals surface area contributed by atoms with Crippen LogP contribution in [0.15, 0.2) is 6.07 Å². The standard InChI is InChI=1S/C17H21F3N4S/c1-2-13-22-14(24-6-4-16(10-24)3-5-21-9-16)12-7-11(8-17(18,19)20)25-15(12)23-13/h7,21H,2-6,8-10H2,1H3. The fourth-order valence-corrected chi connectivity index (χ4v) is 5.02. The third kappa shape index (κ3) is 3.33. The van der Waals surface area contributed by atoms with Crippen LogP contribution in [0.25, 0.3) is 10.2 Å². The van der Waals surface area contributed by atoms with Crippen molar-refractivity contribution >= 4 is 27.4 Å². The third-order valence-corrected chi connectivity index (χ3v) is 6.26. The number of nitrogens with zero attached hydrogens (tertiary/aromatic N) is 3. The van der Waals surface area contributed by atoms with Gasteiger partial charge in [-0.2, -0.15) is 13.2 Å².